The second-order valence-electron chi connectivity index (χ2n) is 5.69. The molecule has 0 bridgehead atoms. The number of hydrogen-bond donors (Lipinski definition) is 1. The van der Waals surface area contributed by atoms with Gasteiger partial charge in [-0.15, -0.1) is 0 Å². The Morgan fingerprint density at radius 3 is 2.55 bits per heavy atom. The molecule has 2 aliphatic rings. The Hall–Kier alpha value is -0.100. The molecule has 3 rings (SSSR count). The minimum Gasteiger partial charge on any atom is -0.494 e. The van der Waals surface area contributed by atoms with Crippen molar-refractivity contribution in [2.75, 3.05) is 20.2 Å². The van der Waals surface area contributed by atoms with Gasteiger partial charge in [-0.2, -0.15) is 0 Å². The highest BCUT2D eigenvalue weighted by Crippen LogP contribution is 2.34. The Morgan fingerprint density at radius 1 is 1.25 bits per heavy atom. The summed E-state index contributed by atoms with van der Waals surface area (Å²) in [4.78, 5) is 2.64. The first-order valence-electron chi connectivity index (χ1n) is 7.16. The Kier molecular flexibility index (Phi) is 4.70. The Bertz CT molecular complexity index is 468. The summed E-state index contributed by atoms with van der Waals surface area (Å²) in [6.45, 7) is 3.38. The van der Waals surface area contributed by atoms with E-state index < -0.39 is 0 Å². The molecule has 1 aromatic carbocycles. The van der Waals surface area contributed by atoms with Crippen LogP contribution in [0, 0.1) is 0 Å². The smallest absolute Gasteiger partial charge is 0.147 e. The zero-order valence-electron chi connectivity index (χ0n) is 11.7. The van der Waals surface area contributed by atoms with Gasteiger partial charge in [0.2, 0.25) is 0 Å². The van der Waals surface area contributed by atoms with Crippen LogP contribution in [0.4, 0.5) is 0 Å². The van der Waals surface area contributed by atoms with Crippen LogP contribution in [-0.2, 0) is 6.54 Å². The van der Waals surface area contributed by atoms with Crippen molar-refractivity contribution in [1.82, 2.24) is 10.2 Å². The lowest BCUT2D eigenvalue weighted by molar-refractivity contribution is 0.317. The number of hydrogen-bond acceptors (Lipinski definition) is 3. The number of nitrogens with one attached hydrogen (secondary N) is 1. The number of methoxy groups -OCH3 is 1. The van der Waals surface area contributed by atoms with Crippen molar-refractivity contribution < 1.29 is 4.74 Å². The molecule has 110 valence electrons. The predicted octanol–water partition coefficient (Wildman–Crippen LogP) is 3.55. The van der Waals surface area contributed by atoms with E-state index in [0.717, 1.165) is 27.3 Å². The van der Waals surface area contributed by atoms with E-state index in [9.17, 15) is 0 Å². The number of ether oxygens (including phenoxy) is 1. The van der Waals surface area contributed by atoms with Gasteiger partial charge < -0.3 is 10.1 Å². The van der Waals surface area contributed by atoms with Crippen molar-refractivity contribution in [2.45, 2.75) is 37.9 Å². The van der Waals surface area contributed by atoms with E-state index in [0.29, 0.717) is 6.04 Å². The van der Waals surface area contributed by atoms with E-state index in [2.05, 4.69) is 54.2 Å². The van der Waals surface area contributed by atoms with Gasteiger partial charge in [0.15, 0.2) is 0 Å². The molecule has 20 heavy (non-hydrogen) atoms. The molecule has 1 aliphatic heterocycles. The van der Waals surface area contributed by atoms with E-state index in [1.54, 1.807) is 7.11 Å². The zero-order chi connectivity index (χ0) is 14.1. The summed E-state index contributed by atoms with van der Waals surface area (Å²) >= 11 is 7.12. The van der Waals surface area contributed by atoms with Crippen LogP contribution in [-0.4, -0.2) is 37.2 Å². The lowest BCUT2D eigenvalue weighted by Crippen LogP contribution is -2.32. The standard InChI is InChI=1S/C15H20Br2N2O/c1-20-15-13(16)6-10(7-14(15)17)8-18-11-4-5-19(9-11)12-2-3-12/h6-7,11-12,18H,2-5,8-9H2,1H3. The molecular weight excluding hydrogens is 384 g/mol. The molecule has 0 spiro atoms. The van der Waals surface area contributed by atoms with Crippen molar-refractivity contribution in [2.24, 2.45) is 0 Å². The normalized spacial score (nSPS) is 23.2. The van der Waals surface area contributed by atoms with Gasteiger partial charge in [0.05, 0.1) is 16.1 Å². The maximum absolute atomic E-state index is 5.34. The van der Waals surface area contributed by atoms with Crippen LogP contribution in [0.1, 0.15) is 24.8 Å². The second kappa shape index (κ2) is 6.34. The summed E-state index contributed by atoms with van der Waals surface area (Å²) in [6.07, 6.45) is 4.09. The quantitative estimate of drug-likeness (QED) is 0.813. The van der Waals surface area contributed by atoms with Crippen LogP contribution >= 0.6 is 31.9 Å². The van der Waals surface area contributed by atoms with Gasteiger partial charge in [-0.3, -0.25) is 4.90 Å². The lowest BCUT2D eigenvalue weighted by atomic mass is 10.2. The van der Waals surface area contributed by atoms with Crippen molar-refractivity contribution in [3.8, 4) is 5.75 Å². The summed E-state index contributed by atoms with van der Waals surface area (Å²) in [6, 6.07) is 5.79. The topological polar surface area (TPSA) is 24.5 Å². The van der Waals surface area contributed by atoms with Crippen LogP contribution < -0.4 is 10.1 Å². The molecule has 1 heterocycles. The highest BCUT2D eigenvalue weighted by Gasteiger charge is 2.34. The van der Waals surface area contributed by atoms with Crippen LogP contribution in [0.3, 0.4) is 0 Å². The maximum atomic E-state index is 5.34. The molecule has 0 radical (unpaired) electrons. The lowest BCUT2D eigenvalue weighted by Gasteiger charge is -2.16. The minimum absolute atomic E-state index is 0.634. The van der Waals surface area contributed by atoms with E-state index >= 15 is 0 Å². The summed E-state index contributed by atoms with van der Waals surface area (Å²) < 4.78 is 7.33. The second-order valence-corrected chi connectivity index (χ2v) is 7.39. The number of rotatable bonds is 5. The predicted molar refractivity (Wildman–Crippen MR) is 88.2 cm³/mol. The van der Waals surface area contributed by atoms with Gasteiger partial charge in [0.1, 0.15) is 5.75 Å². The molecule has 3 nitrogen and oxygen atoms in total. The van der Waals surface area contributed by atoms with Gasteiger partial charge in [-0.1, -0.05) is 0 Å². The van der Waals surface area contributed by atoms with Gasteiger partial charge in [-0.25, -0.2) is 0 Å². The first kappa shape index (κ1) is 14.8. The van der Waals surface area contributed by atoms with E-state index in [1.807, 2.05) is 0 Å². The fourth-order valence-electron chi connectivity index (χ4n) is 2.90. The largest absolute Gasteiger partial charge is 0.494 e. The number of benzene rings is 1. The monoisotopic (exact) mass is 402 g/mol. The van der Waals surface area contributed by atoms with Crippen LogP contribution in [0.25, 0.3) is 0 Å². The molecule has 1 atom stereocenters. The number of halogens is 2. The maximum Gasteiger partial charge on any atom is 0.147 e. The van der Waals surface area contributed by atoms with Gasteiger partial charge in [0, 0.05) is 31.7 Å². The van der Waals surface area contributed by atoms with E-state index in [-0.39, 0.29) is 0 Å². The van der Waals surface area contributed by atoms with Gasteiger partial charge >= 0.3 is 0 Å². The minimum atomic E-state index is 0.634. The molecule has 1 aromatic rings. The summed E-state index contributed by atoms with van der Waals surface area (Å²) in [5.41, 5.74) is 1.27. The summed E-state index contributed by atoms with van der Waals surface area (Å²) in [5.74, 6) is 0.856. The third kappa shape index (κ3) is 3.38. The fourth-order valence-corrected chi connectivity index (χ4v) is 4.50. The molecule has 0 amide bonds. The highest BCUT2D eigenvalue weighted by atomic mass is 79.9. The van der Waals surface area contributed by atoms with E-state index in [4.69, 9.17) is 4.74 Å². The fraction of sp³-hybridized carbons (Fsp3) is 0.600. The zero-order valence-corrected chi connectivity index (χ0v) is 14.8. The average molecular weight is 404 g/mol. The molecule has 2 fully saturated rings. The summed E-state index contributed by atoms with van der Waals surface area (Å²) in [7, 11) is 1.69. The third-order valence-electron chi connectivity index (χ3n) is 4.14. The molecule has 1 saturated heterocycles. The van der Waals surface area contributed by atoms with Crippen LogP contribution in [0.15, 0.2) is 21.1 Å². The first-order valence-corrected chi connectivity index (χ1v) is 8.75. The highest BCUT2D eigenvalue weighted by molar-refractivity contribution is 9.11. The van der Waals surface area contributed by atoms with Crippen molar-refractivity contribution in [1.29, 1.82) is 0 Å². The Balaban J connectivity index is 1.56. The van der Waals surface area contributed by atoms with Crippen LogP contribution in [0.2, 0.25) is 0 Å². The Morgan fingerprint density at radius 2 is 1.95 bits per heavy atom. The average Bonchev–Trinajstić information content (AvgIpc) is 3.16. The Labute approximate surface area is 137 Å². The SMILES string of the molecule is COc1c(Br)cc(CNC2CCN(C3CC3)C2)cc1Br. The molecule has 5 heteroatoms. The third-order valence-corrected chi connectivity index (χ3v) is 5.32. The molecule has 1 saturated carbocycles. The molecule has 1 aliphatic carbocycles. The van der Waals surface area contributed by atoms with Gasteiger partial charge in [-0.05, 0) is 68.8 Å². The molecule has 0 aromatic heterocycles. The molecule has 1 N–H and O–H groups in total. The van der Waals surface area contributed by atoms with Crippen molar-refractivity contribution in [3.05, 3.63) is 26.6 Å². The number of likely N-dealkylation sites (tertiary alicyclic amines) is 1. The summed E-state index contributed by atoms with van der Waals surface area (Å²) in [5, 5.41) is 3.68. The van der Waals surface area contributed by atoms with Crippen molar-refractivity contribution >= 4 is 31.9 Å². The first-order chi connectivity index (χ1) is 9.67. The molecule has 1 unspecified atom stereocenters. The van der Waals surface area contributed by atoms with Crippen LogP contribution in [0.5, 0.6) is 5.75 Å². The number of nitrogens with zero attached hydrogens (tertiary/aromatic N) is 1. The van der Waals surface area contributed by atoms with Crippen molar-refractivity contribution in [3.63, 3.8) is 0 Å². The van der Waals surface area contributed by atoms with Gasteiger partial charge in [0.25, 0.3) is 0 Å². The molecular formula is C15H20Br2N2O. The van der Waals surface area contributed by atoms with E-state index in [1.165, 1.54) is 37.9 Å².